The second-order valence-electron chi connectivity index (χ2n) is 8.04. The van der Waals surface area contributed by atoms with Crippen molar-refractivity contribution >= 4 is 17.2 Å². The molecular formula is C26H28N4O3S. The maximum atomic E-state index is 12.3. The Kier molecular flexibility index (Phi) is 8.06. The van der Waals surface area contributed by atoms with E-state index >= 15 is 0 Å². The first-order valence-electron chi connectivity index (χ1n) is 11.1. The highest BCUT2D eigenvalue weighted by molar-refractivity contribution is 7.09. The van der Waals surface area contributed by atoms with Crippen LogP contribution in [0.5, 0.6) is 5.75 Å². The lowest BCUT2D eigenvalue weighted by atomic mass is 10.1. The summed E-state index contributed by atoms with van der Waals surface area (Å²) in [6.07, 6.45) is 0.932. The van der Waals surface area contributed by atoms with Gasteiger partial charge in [0.15, 0.2) is 5.82 Å². The van der Waals surface area contributed by atoms with E-state index in [0.717, 1.165) is 18.7 Å². The SMILES string of the molecule is COc1ccc(CN(Cc2nc(CNC(=O)c3ccccc3)no2)C(C)Cc2cccs2)cc1. The van der Waals surface area contributed by atoms with Crippen LogP contribution in [0, 0.1) is 0 Å². The summed E-state index contributed by atoms with van der Waals surface area (Å²) in [6, 6.07) is 21.6. The summed E-state index contributed by atoms with van der Waals surface area (Å²) >= 11 is 1.76. The van der Waals surface area contributed by atoms with E-state index in [0.29, 0.717) is 23.8 Å². The fourth-order valence-corrected chi connectivity index (χ4v) is 4.46. The molecule has 0 aliphatic heterocycles. The lowest BCUT2D eigenvalue weighted by Gasteiger charge is -2.27. The standard InChI is InChI=1S/C26H28N4O3S/c1-19(15-23-9-6-14-34-23)30(17-20-10-12-22(32-2)13-11-20)18-25-28-24(29-33-25)16-27-26(31)21-7-4-3-5-8-21/h3-14,19H,15-18H2,1-2H3,(H,27,31). The lowest BCUT2D eigenvalue weighted by Crippen LogP contribution is -2.33. The molecule has 8 heteroatoms. The van der Waals surface area contributed by atoms with Crippen LogP contribution in [-0.4, -0.2) is 34.1 Å². The fourth-order valence-electron chi connectivity index (χ4n) is 3.63. The van der Waals surface area contributed by atoms with Crippen LogP contribution in [0.1, 0.15) is 39.4 Å². The molecular weight excluding hydrogens is 448 g/mol. The zero-order chi connectivity index (χ0) is 23.8. The first-order chi connectivity index (χ1) is 16.6. The van der Waals surface area contributed by atoms with Gasteiger partial charge in [0.2, 0.25) is 5.89 Å². The first kappa shape index (κ1) is 23.7. The molecule has 34 heavy (non-hydrogen) atoms. The van der Waals surface area contributed by atoms with Crippen LogP contribution in [0.2, 0.25) is 0 Å². The van der Waals surface area contributed by atoms with Crippen molar-refractivity contribution in [1.82, 2.24) is 20.4 Å². The third kappa shape index (κ3) is 6.52. The molecule has 2 aromatic heterocycles. The van der Waals surface area contributed by atoms with E-state index in [9.17, 15) is 4.79 Å². The number of aromatic nitrogens is 2. The van der Waals surface area contributed by atoms with E-state index in [4.69, 9.17) is 9.26 Å². The monoisotopic (exact) mass is 476 g/mol. The van der Waals surface area contributed by atoms with Gasteiger partial charge in [-0.2, -0.15) is 4.98 Å². The molecule has 1 amide bonds. The second-order valence-corrected chi connectivity index (χ2v) is 9.07. The quantitative estimate of drug-likeness (QED) is 0.338. The molecule has 0 saturated heterocycles. The van der Waals surface area contributed by atoms with Gasteiger partial charge in [0.25, 0.3) is 5.91 Å². The zero-order valence-corrected chi connectivity index (χ0v) is 20.1. The number of carbonyl (C=O) groups is 1. The molecule has 1 atom stereocenters. The smallest absolute Gasteiger partial charge is 0.251 e. The topological polar surface area (TPSA) is 80.5 Å². The van der Waals surface area contributed by atoms with E-state index < -0.39 is 0 Å². The summed E-state index contributed by atoms with van der Waals surface area (Å²) in [4.78, 5) is 20.4. The number of hydrogen-bond acceptors (Lipinski definition) is 7. The summed E-state index contributed by atoms with van der Waals surface area (Å²) in [7, 11) is 1.67. The molecule has 0 aliphatic carbocycles. The lowest BCUT2D eigenvalue weighted by molar-refractivity contribution is 0.0949. The molecule has 1 unspecified atom stereocenters. The van der Waals surface area contributed by atoms with Gasteiger partial charge in [-0.3, -0.25) is 9.69 Å². The van der Waals surface area contributed by atoms with Crippen LogP contribution in [0.3, 0.4) is 0 Å². The van der Waals surface area contributed by atoms with Crippen LogP contribution < -0.4 is 10.1 Å². The Bertz CT molecular complexity index is 1160. The third-order valence-corrected chi connectivity index (χ3v) is 6.44. The zero-order valence-electron chi connectivity index (χ0n) is 19.3. The molecule has 176 valence electrons. The number of ether oxygens (including phenoxy) is 1. The van der Waals surface area contributed by atoms with Crippen molar-refractivity contribution in [2.45, 2.75) is 39.0 Å². The Morgan fingerprint density at radius 3 is 2.59 bits per heavy atom. The number of hydrogen-bond donors (Lipinski definition) is 1. The Hall–Kier alpha value is -3.49. The Labute approximate surface area is 203 Å². The Morgan fingerprint density at radius 1 is 1.09 bits per heavy atom. The van der Waals surface area contributed by atoms with Gasteiger partial charge in [-0.1, -0.05) is 41.6 Å². The highest BCUT2D eigenvalue weighted by Gasteiger charge is 2.19. The third-order valence-electron chi connectivity index (χ3n) is 5.54. The predicted molar refractivity (Wildman–Crippen MR) is 132 cm³/mol. The normalized spacial score (nSPS) is 12.0. The first-order valence-corrected chi connectivity index (χ1v) is 12.0. The van der Waals surface area contributed by atoms with E-state index in [-0.39, 0.29) is 18.5 Å². The number of benzene rings is 2. The number of carbonyl (C=O) groups excluding carboxylic acids is 1. The highest BCUT2D eigenvalue weighted by Crippen LogP contribution is 2.20. The molecule has 0 bridgehead atoms. The number of thiophene rings is 1. The van der Waals surface area contributed by atoms with Crippen LogP contribution in [0.15, 0.2) is 76.6 Å². The van der Waals surface area contributed by atoms with Gasteiger partial charge >= 0.3 is 0 Å². The van der Waals surface area contributed by atoms with Crippen LogP contribution in [0.4, 0.5) is 0 Å². The van der Waals surface area contributed by atoms with Crippen molar-refractivity contribution in [2.24, 2.45) is 0 Å². The predicted octanol–water partition coefficient (Wildman–Crippen LogP) is 4.70. The minimum Gasteiger partial charge on any atom is -0.497 e. The van der Waals surface area contributed by atoms with Crippen molar-refractivity contribution in [3.63, 3.8) is 0 Å². The van der Waals surface area contributed by atoms with Crippen molar-refractivity contribution < 1.29 is 14.1 Å². The van der Waals surface area contributed by atoms with E-state index in [2.05, 4.69) is 56.9 Å². The number of methoxy groups -OCH3 is 1. The summed E-state index contributed by atoms with van der Waals surface area (Å²) in [5, 5.41) is 9.00. The summed E-state index contributed by atoms with van der Waals surface area (Å²) in [5.74, 6) is 1.64. The van der Waals surface area contributed by atoms with Gasteiger partial charge in [-0.25, -0.2) is 0 Å². The van der Waals surface area contributed by atoms with Crippen molar-refractivity contribution in [3.05, 3.63) is 99.8 Å². The number of rotatable bonds is 11. The van der Waals surface area contributed by atoms with Gasteiger partial charge in [0.05, 0.1) is 20.2 Å². The maximum Gasteiger partial charge on any atom is 0.251 e. The molecule has 0 fully saturated rings. The van der Waals surface area contributed by atoms with Crippen molar-refractivity contribution in [1.29, 1.82) is 0 Å². The summed E-state index contributed by atoms with van der Waals surface area (Å²) in [5.41, 5.74) is 1.77. The largest absolute Gasteiger partial charge is 0.497 e. The molecule has 1 N–H and O–H groups in total. The van der Waals surface area contributed by atoms with Crippen LogP contribution >= 0.6 is 11.3 Å². The number of nitrogens with zero attached hydrogens (tertiary/aromatic N) is 3. The molecule has 0 radical (unpaired) electrons. The Balaban J connectivity index is 1.41. The van der Waals surface area contributed by atoms with Crippen LogP contribution in [0.25, 0.3) is 0 Å². The van der Waals surface area contributed by atoms with Gasteiger partial charge in [-0.05, 0) is 54.6 Å². The number of amides is 1. The van der Waals surface area contributed by atoms with E-state index in [1.165, 1.54) is 10.4 Å². The molecule has 2 aromatic carbocycles. The molecule has 7 nitrogen and oxygen atoms in total. The fraction of sp³-hybridized carbons (Fsp3) is 0.269. The van der Waals surface area contributed by atoms with Crippen molar-refractivity contribution in [3.8, 4) is 5.75 Å². The van der Waals surface area contributed by atoms with Gasteiger partial charge in [0.1, 0.15) is 5.75 Å². The van der Waals surface area contributed by atoms with Crippen molar-refractivity contribution in [2.75, 3.05) is 7.11 Å². The van der Waals surface area contributed by atoms with Crippen LogP contribution in [-0.2, 0) is 26.1 Å². The molecule has 2 heterocycles. The molecule has 0 aliphatic rings. The van der Waals surface area contributed by atoms with Gasteiger partial charge in [0, 0.05) is 23.0 Å². The molecule has 0 saturated carbocycles. The van der Waals surface area contributed by atoms with Gasteiger partial charge < -0.3 is 14.6 Å². The van der Waals surface area contributed by atoms with E-state index in [1.807, 2.05) is 30.3 Å². The summed E-state index contributed by atoms with van der Waals surface area (Å²) in [6.45, 7) is 3.66. The molecule has 4 rings (SSSR count). The van der Waals surface area contributed by atoms with Gasteiger partial charge in [-0.15, -0.1) is 11.3 Å². The van der Waals surface area contributed by atoms with E-state index in [1.54, 1.807) is 30.6 Å². The minimum absolute atomic E-state index is 0.169. The molecule has 4 aromatic rings. The minimum atomic E-state index is -0.169. The summed E-state index contributed by atoms with van der Waals surface area (Å²) < 4.78 is 10.8. The maximum absolute atomic E-state index is 12.3. The average Bonchev–Trinajstić information content (AvgIpc) is 3.55. The number of nitrogens with one attached hydrogen (secondary N) is 1. The Morgan fingerprint density at radius 2 is 1.88 bits per heavy atom. The molecule has 0 spiro atoms. The second kappa shape index (κ2) is 11.6. The average molecular weight is 477 g/mol. The highest BCUT2D eigenvalue weighted by atomic mass is 32.1.